The highest BCUT2D eigenvalue weighted by molar-refractivity contribution is 7.40. The molecule has 1 nitrogen and oxygen atoms in total. The summed E-state index contributed by atoms with van der Waals surface area (Å²) in [5.41, 5.74) is 0. The Bertz CT molecular complexity index is 147. The molecule has 2 heteroatoms. The molecule has 0 aromatic rings. The smallest absolute Gasteiger partial charge is 0.146 e. The topological polar surface area (TPSA) is 17.1 Å². The molecular formula is C7H11OP. The molecule has 0 unspecified atom stereocenters. The fourth-order valence-electron chi connectivity index (χ4n) is 0.973. The van der Waals surface area contributed by atoms with Crippen molar-refractivity contribution in [1.29, 1.82) is 0 Å². The van der Waals surface area contributed by atoms with E-state index in [1.54, 1.807) is 0 Å². The van der Waals surface area contributed by atoms with Gasteiger partial charge in [-0.3, -0.25) is 4.79 Å². The van der Waals surface area contributed by atoms with Crippen LogP contribution < -0.4 is 0 Å². The van der Waals surface area contributed by atoms with Gasteiger partial charge in [-0.15, -0.1) is 0 Å². The summed E-state index contributed by atoms with van der Waals surface area (Å²) in [6.07, 6.45) is 6.57. The summed E-state index contributed by atoms with van der Waals surface area (Å²) >= 11 is 0. The third-order valence-corrected chi connectivity index (χ3v) is 3.17. The minimum atomic E-state index is 0.0226. The summed E-state index contributed by atoms with van der Waals surface area (Å²) in [5, 5.41) is 0.0226. The van der Waals surface area contributed by atoms with Crippen LogP contribution >= 0.6 is 8.20 Å². The van der Waals surface area contributed by atoms with Crippen molar-refractivity contribution >= 4 is 20.3 Å². The first kappa shape index (κ1) is 6.95. The van der Waals surface area contributed by atoms with Crippen molar-refractivity contribution in [2.45, 2.75) is 31.3 Å². The zero-order chi connectivity index (χ0) is 6.91. The van der Waals surface area contributed by atoms with E-state index < -0.39 is 0 Å². The molecule has 0 aromatic heterocycles. The molecule has 0 aliphatic heterocycles. The van der Waals surface area contributed by atoms with E-state index in [1.165, 1.54) is 0 Å². The highest BCUT2D eigenvalue weighted by Gasteiger charge is 2.46. The molecule has 9 heavy (non-hydrogen) atoms. The monoisotopic (exact) mass is 142 g/mol. The molecular weight excluding hydrogens is 131 g/mol. The van der Waals surface area contributed by atoms with Crippen LogP contribution in [-0.4, -0.2) is 17.2 Å². The third kappa shape index (κ3) is 1.07. The maximum atomic E-state index is 11.1. The van der Waals surface area contributed by atoms with E-state index >= 15 is 0 Å². The van der Waals surface area contributed by atoms with Gasteiger partial charge in [-0.1, -0.05) is 21.4 Å². The van der Waals surface area contributed by atoms with Crippen LogP contribution in [0.5, 0.6) is 0 Å². The van der Waals surface area contributed by atoms with Crippen molar-refractivity contribution in [3.05, 3.63) is 0 Å². The Morgan fingerprint density at radius 3 is 2.44 bits per heavy atom. The average molecular weight is 142 g/mol. The Morgan fingerprint density at radius 1 is 1.78 bits per heavy atom. The first-order valence-electron chi connectivity index (χ1n) is 3.26. The fourth-order valence-corrected chi connectivity index (χ4v) is 1.74. The Balaban J connectivity index is 2.59. The fraction of sp³-hybridized carbons (Fsp3) is 0.714. The van der Waals surface area contributed by atoms with E-state index in [0.717, 1.165) is 21.0 Å². The lowest BCUT2D eigenvalue weighted by Gasteiger charge is -2.02. The number of hydrogen-bond donors (Lipinski definition) is 0. The number of ketones is 1. The van der Waals surface area contributed by atoms with Crippen LogP contribution in [0.2, 0.25) is 0 Å². The predicted molar refractivity (Wildman–Crippen MR) is 41.3 cm³/mol. The number of hydrogen-bond acceptors (Lipinski definition) is 1. The molecule has 0 bridgehead atoms. The van der Waals surface area contributed by atoms with Gasteiger partial charge in [0.2, 0.25) is 0 Å². The van der Waals surface area contributed by atoms with Gasteiger partial charge in [-0.2, -0.15) is 0 Å². The van der Waals surface area contributed by atoms with Crippen molar-refractivity contribution in [1.82, 2.24) is 0 Å². The maximum Gasteiger partial charge on any atom is 0.146 e. The Kier molecular flexibility index (Phi) is 1.72. The molecule has 1 rings (SSSR count). The van der Waals surface area contributed by atoms with Gasteiger partial charge in [0.05, 0.1) is 5.16 Å². The molecule has 50 valence electrons. The maximum absolute atomic E-state index is 11.1. The SMILES string of the molecule is C=PC1(C(=O)CC)CC1. The van der Waals surface area contributed by atoms with Crippen LogP contribution in [-0.2, 0) is 4.79 Å². The molecule has 1 fully saturated rings. The summed E-state index contributed by atoms with van der Waals surface area (Å²) < 4.78 is 0. The predicted octanol–water partition coefficient (Wildman–Crippen LogP) is 1.88. The highest BCUT2D eigenvalue weighted by Crippen LogP contribution is 2.48. The molecule has 0 aromatic carbocycles. The molecule has 0 spiro atoms. The van der Waals surface area contributed by atoms with Gasteiger partial charge >= 0.3 is 0 Å². The number of Topliss-reactive ketones (excluding diaryl/α,β-unsaturated/α-hetero) is 1. The molecule has 0 radical (unpaired) electrons. The van der Waals surface area contributed by atoms with Crippen LogP contribution in [0.1, 0.15) is 26.2 Å². The van der Waals surface area contributed by atoms with Gasteiger partial charge in [-0.05, 0) is 12.8 Å². The third-order valence-electron chi connectivity index (χ3n) is 1.87. The number of rotatable bonds is 3. The van der Waals surface area contributed by atoms with E-state index in [9.17, 15) is 4.79 Å². The van der Waals surface area contributed by atoms with Crippen molar-refractivity contribution in [2.75, 3.05) is 0 Å². The van der Waals surface area contributed by atoms with Crippen molar-refractivity contribution in [2.24, 2.45) is 0 Å². The van der Waals surface area contributed by atoms with Gasteiger partial charge < -0.3 is 0 Å². The lowest BCUT2D eigenvalue weighted by Crippen LogP contribution is -2.13. The summed E-state index contributed by atoms with van der Waals surface area (Å²) in [6, 6.07) is 0. The molecule has 0 atom stereocenters. The highest BCUT2D eigenvalue weighted by atomic mass is 31.1. The molecule has 0 heterocycles. The molecule has 1 aliphatic rings. The van der Waals surface area contributed by atoms with Crippen LogP contribution in [0.15, 0.2) is 0 Å². The van der Waals surface area contributed by atoms with Crippen LogP contribution in [0.25, 0.3) is 0 Å². The Morgan fingerprint density at radius 2 is 2.33 bits per heavy atom. The lowest BCUT2D eigenvalue weighted by atomic mass is 10.2. The van der Waals surface area contributed by atoms with E-state index in [4.69, 9.17) is 0 Å². The van der Waals surface area contributed by atoms with Crippen molar-refractivity contribution in [3.8, 4) is 0 Å². The molecule has 1 saturated carbocycles. The second-order valence-electron chi connectivity index (χ2n) is 2.47. The average Bonchev–Trinajstić information content (AvgIpc) is 2.66. The molecule has 0 N–H and O–H groups in total. The van der Waals surface area contributed by atoms with Crippen molar-refractivity contribution in [3.63, 3.8) is 0 Å². The van der Waals surface area contributed by atoms with E-state index in [2.05, 4.69) is 6.30 Å². The number of carbonyl (C=O) groups is 1. The zero-order valence-corrected chi connectivity index (χ0v) is 6.58. The van der Waals surface area contributed by atoms with E-state index in [-0.39, 0.29) is 5.16 Å². The van der Waals surface area contributed by atoms with E-state index in [1.807, 2.05) is 6.92 Å². The van der Waals surface area contributed by atoms with Gasteiger partial charge in [0, 0.05) is 6.42 Å². The zero-order valence-electron chi connectivity index (χ0n) is 5.68. The minimum absolute atomic E-state index is 0.0226. The normalized spacial score (nSPS) is 21.9. The Hall–Kier alpha value is -0.160. The van der Waals surface area contributed by atoms with E-state index in [0.29, 0.717) is 12.2 Å². The van der Waals surface area contributed by atoms with Crippen LogP contribution in [0.4, 0.5) is 0 Å². The van der Waals surface area contributed by atoms with Gasteiger partial charge in [0.1, 0.15) is 5.78 Å². The van der Waals surface area contributed by atoms with Crippen LogP contribution in [0.3, 0.4) is 0 Å². The summed E-state index contributed by atoms with van der Waals surface area (Å²) in [7, 11) is 1.03. The molecule has 1 aliphatic carbocycles. The van der Waals surface area contributed by atoms with Crippen molar-refractivity contribution < 1.29 is 4.79 Å². The first-order chi connectivity index (χ1) is 4.25. The quantitative estimate of drug-likeness (QED) is 0.550. The van der Waals surface area contributed by atoms with Gasteiger partial charge in [-0.25, -0.2) is 0 Å². The second-order valence-corrected chi connectivity index (χ2v) is 3.64. The number of carbonyl (C=O) groups excluding carboxylic acids is 1. The molecule has 0 amide bonds. The Labute approximate surface area is 57.3 Å². The molecule has 0 saturated heterocycles. The van der Waals surface area contributed by atoms with Crippen LogP contribution in [0, 0.1) is 0 Å². The standard InChI is InChI=1S/C7H11OP/c1-3-6(8)7(9-2)4-5-7/h2-5H2,1H3. The summed E-state index contributed by atoms with van der Waals surface area (Å²) in [6.45, 7) is 1.92. The van der Waals surface area contributed by atoms with Gasteiger partial charge in [0.25, 0.3) is 0 Å². The summed E-state index contributed by atoms with van der Waals surface area (Å²) in [4.78, 5) is 11.1. The summed E-state index contributed by atoms with van der Waals surface area (Å²) in [5.74, 6) is 0.402. The lowest BCUT2D eigenvalue weighted by molar-refractivity contribution is -0.118. The minimum Gasteiger partial charge on any atom is -0.298 e. The van der Waals surface area contributed by atoms with Gasteiger partial charge in [0.15, 0.2) is 0 Å². The largest absolute Gasteiger partial charge is 0.298 e. The second kappa shape index (κ2) is 2.22. The first-order valence-corrected chi connectivity index (χ1v) is 4.34.